The van der Waals surface area contributed by atoms with Crippen molar-refractivity contribution in [2.75, 3.05) is 6.54 Å². The summed E-state index contributed by atoms with van der Waals surface area (Å²) in [6.07, 6.45) is 7.85. The minimum atomic E-state index is -0.765. The topological polar surface area (TPSA) is 12.0 Å². The fraction of sp³-hybridized carbons (Fsp3) is 0.625. The zero-order valence-corrected chi connectivity index (χ0v) is 11.6. The van der Waals surface area contributed by atoms with E-state index in [1.54, 1.807) is 12.1 Å². The molecule has 3 heteroatoms. The summed E-state index contributed by atoms with van der Waals surface area (Å²) in [6, 6.07) is 4.23. The Morgan fingerprint density at radius 3 is 2.68 bits per heavy atom. The maximum atomic E-state index is 13.6. The van der Waals surface area contributed by atoms with Crippen LogP contribution in [0.3, 0.4) is 0 Å². The van der Waals surface area contributed by atoms with Gasteiger partial charge in [-0.3, -0.25) is 0 Å². The van der Waals surface area contributed by atoms with Crippen molar-refractivity contribution < 1.29 is 8.78 Å². The molecule has 1 atom stereocenters. The second-order valence-corrected chi connectivity index (χ2v) is 5.61. The Kier molecular flexibility index (Phi) is 5.32. The van der Waals surface area contributed by atoms with Gasteiger partial charge in [-0.25, -0.2) is 8.78 Å². The summed E-state index contributed by atoms with van der Waals surface area (Å²) in [4.78, 5) is 0. The fourth-order valence-corrected chi connectivity index (χ4v) is 2.94. The zero-order chi connectivity index (χ0) is 13.7. The number of benzene rings is 1. The molecule has 0 heterocycles. The first-order chi connectivity index (χ1) is 9.18. The summed E-state index contributed by atoms with van der Waals surface area (Å²) in [5, 5.41) is 3.31. The van der Waals surface area contributed by atoms with Gasteiger partial charge in [0.1, 0.15) is 0 Å². The van der Waals surface area contributed by atoms with Crippen molar-refractivity contribution in [3.63, 3.8) is 0 Å². The van der Waals surface area contributed by atoms with E-state index in [9.17, 15) is 8.78 Å². The Hall–Kier alpha value is -0.960. The van der Waals surface area contributed by atoms with Crippen molar-refractivity contribution >= 4 is 0 Å². The molecule has 1 aromatic rings. The van der Waals surface area contributed by atoms with Crippen LogP contribution in [0.5, 0.6) is 0 Å². The van der Waals surface area contributed by atoms with E-state index in [4.69, 9.17) is 0 Å². The van der Waals surface area contributed by atoms with Gasteiger partial charge >= 0.3 is 0 Å². The Morgan fingerprint density at radius 2 is 1.95 bits per heavy atom. The van der Waals surface area contributed by atoms with E-state index in [0.29, 0.717) is 5.56 Å². The van der Waals surface area contributed by atoms with Crippen LogP contribution in [-0.2, 0) is 0 Å². The van der Waals surface area contributed by atoms with Crippen LogP contribution in [0.2, 0.25) is 0 Å². The quantitative estimate of drug-likeness (QED) is 0.823. The molecule has 0 spiro atoms. The van der Waals surface area contributed by atoms with Crippen molar-refractivity contribution in [3.05, 3.63) is 35.4 Å². The Labute approximate surface area is 114 Å². The molecular formula is C16H23F2N. The summed E-state index contributed by atoms with van der Waals surface area (Å²) >= 11 is 0. The van der Waals surface area contributed by atoms with E-state index in [1.807, 2.05) is 6.92 Å². The second kappa shape index (κ2) is 6.99. The second-order valence-electron chi connectivity index (χ2n) is 5.61. The monoisotopic (exact) mass is 267 g/mol. The highest BCUT2D eigenvalue weighted by Crippen LogP contribution is 2.26. The smallest absolute Gasteiger partial charge is 0.163 e. The molecule has 19 heavy (non-hydrogen) atoms. The largest absolute Gasteiger partial charge is 0.310 e. The molecule has 1 saturated carbocycles. The van der Waals surface area contributed by atoms with Gasteiger partial charge in [-0.15, -0.1) is 0 Å². The molecule has 1 aromatic carbocycles. The molecule has 2 rings (SSSR count). The highest BCUT2D eigenvalue weighted by Gasteiger charge is 2.16. The van der Waals surface area contributed by atoms with Gasteiger partial charge < -0.3 is 5.32 Å². The van der Waals surface area contributed by atoms with Crippen LogP contribution >= 0.6 is 0 Å². The van der Waals surface area contributed by atoms with Crippen LogP contribution in [0.1, 0.15) is 57.1 Å². The molecule has 0 saturated heterocycles. The average molecular weight is 267 g/mol. The maximum absolute atomic E-state index is 13.6. The minimum absolute atomic E-state index is 0.140. The van der Waals surface area contributed by atoms with Crippen molar-refractivity contribution in [1.29, 1.82) is 0 Å². The highest BCUT2D eigenvalue weighted by molar-refractivity contribution is 5.21. The molecule has 1 unspecified atom stereocenters. The molecular weight excluding hydrogens is 244 g/mol. The third-order valence-corrected chi connectivity index (χ3v) is 4.18. The molecule has 0 radical (unpaired) electrons. The molecule has 1 N–H and O–H groups in total. The predicted molar refractivity (Wildman–Crippen MR) is 74.0 cm³/mol. The fourth-order valence-electron chi connectivity index (χ4n) is 2.94. The maximum Gasteiger partial charge on any atom is 0.163 e. The summed E-state index contributed by atoms with van der Waals surface area (Å²) in [5.74, 6) is -0.676. The Bertz CT molecular complexity index is 400. The number of halogens is 2. The lowest BCUT2D eigenvalue weighted by atomic mass is 9.87. The van der Waals surface area contributed by atoms with Crippen LogP contribution in [0.25, 0.3) is 0 Å². The van der Waals surface area contributed by atoms with Crippen molar-refractivity contribution in [3.8, 4) is 0 Å². The summed E-state index contributed by atoms with van der Waals surface area (Å²) in [5.41, 5.74) is 0.420. The van der Waals surface area contributed by atoms with Gasteiger partial charge in [-0.05, 0) is 31.9 Å². The molecule has 1 aliphatic rings. The van der Waals surface area contributed by atoms with Gasteiger partial charge in [0.2, 0.25) is 0 Å². The van der Waals surface area contributed by atoms with Crippen molar-refractivity contribution in [1.82, 2.24) is 5.32 Å². The van der Waals surface area contributed by atoms with E-state index in [1.165, 1.54) is 32.1 Å². The minimum Gasteiger partial charge on any atom is -0.310 e. The summed E-state index contributed by atoms with van der Waals surface area (Å²) in [6.45, 7) is 2.76. The standard InChI is InChI=1S/C16H23F2N/c1-12(14-8-5-9-15(17)16(14)18)19-11-10-13-6-3-2-4-7-13/h5,8-9,12-13,19H,2-4,6-7,10-11H2,1H3. The van der Waals surface area contributed by atoms with Gasteiger partial charge in [0, 0.05) is 11.6 Å². The molecule has 0 aliphatic heterocycles. The van der Waals surface area contributed by atoms with Crippen LogP contribution in [0, 0.1) is 17.6 Å². The molecule has 1 fully saturated rings. The predicted octanol–water partition coefficient (Wildman–Crippen LogP) is 4.59. The van der Waals surface area contributed by atoms with E-state index in [0.717, 1.165) is 24.9 Å². The van der Waals surface area contributed by atoms with Gasteiger partial charge in [-0.1, -0.05) is 44.2 Å². The van der Waals surface area contributed by atoms with Crippen LogP contribution in [0.4, 0.5) is 8.78 Å². The molecule has 0 amide bonds. The number of nitrogens with one attached hydrogen (secondary N) is 1. The lowest BCUT2D eigenvalue weighted by Crippen LogP contribution is -2.23. The van der Waals surface area contributed by atoms with Crippen molar-refractivity contribution in [2.24, 2.45) is 5.92 Å². The van der Waals surface area contributed by atoms with Crippen LogP contribution < -0.4 is 5.32 Å². The van der Waals surface area contributed by atoms with Gasteiger partial charge in [0.25, 0.3) is 0 Å². The Morgan fingerprint density at radius 1 is 1.21 bits per heavy atom. The Balaban J connectivity index is 1.80. The third kappa shape index (κ3) is 4.00. The molecule has 1 nitrogen and oxygen atoms in total. The van der Waals surface area contributed by atoms with Gasteiger partial charge in [-0.2, -0.15) is 0 Å². The number of hydrogen-bond acceptors (Lipinski definition) is 1. The van der Waals surface area contributed by atoms with E-state index >= 15 is 0 Å². The first-order valence-corrected chi connectivity index (χ1v) is 7.35. The van der Waals surface area contributed by atoms with E-state index in [-0.39, 0.29) is 6.04 Å². The number of rotatable bonds is 5. The highest BCUT2D eigenvalue weighted by atomic mass is 19.2. The molecule has 0 aromatic heterocycles. The lowest BCUT2D eigenvalue weighted by Gasteiger charge is -2.23. The molecule has 1 aliphatic carbocycles. The molecule has 106 valence electrons. The zero-order valence-electron chi connectivity index (χ0n) is 11.6. The van der Waals surface area contributed by atoms with E-state index in [2.05, 4.69) is 5.32 Å². The van der Waals surface area contributed by atoms with E-state index < -0.39 is 11.6 Å². The number of hydrogen-bond donors (Lipinski definition) is 1. The SMILES string of the molecule is CC(NCCC1CCCCC1)c1cccc(F)c1F. The third-order valence-electron chi connectivity index (χ3n) is 4.18. The van der Waals surface area contributed by atoms with Crippen molar-refractivity contribution in [2.45, 2.75) is 51.5 Å². The first-order valence-electron chi connectivity index (χ1n) is 7.35. The first kappa shape index (κ1) is 14.4. The van der Waals surface area contributed by atoms with Crippen LogP contribution in [-0.4, -0.2) is 6.54 Å². The normalized spacial score (nSPS) is 18.5. The summed E-state index contributed by atoms with van der Waals surface area (Å²) < 4.78 is 26.8. The van der Waals surface area contributed by atoms with Gasteiger partial charge in [0.05, 0.1) is 0 Å². The van der Waals surface area contributed by atoms with Crippen LogP contribution in [0.15, 0.2) is 18.2 Å². The molecule has 0 bridgehead atoms. The summed E-state index contributed by atoms with van der Waals surface area (Å²) in [7, 11) is 0. The average Bonchev–Trinajstić information content (AvgIpc) is 2.43. The van der Waals surface area contributed by atoms with Gasteiger partial charge in [0.15, 0.2) is 11.6 Å². The lowest BCUT2D eigenvalue weighted by molar-refractivity contribution is 0.328.